The number of primary amides is 1. The second kappa shape index (κ2) is 52.8. The Bertz CT molecular complexity index is 3520. The highest BCUT2D eigenvalue weighted by atomic mass is 32.2. The molecule has 42 nitrogen and oxygen atoms in total. The zero-order valence-electron chi connectivity index (χ0n) is 66.1. The standard InChI is InChI=1S/C71H114N16O26S2/c1-33(2)26-47(84-63(104)42(16-19-53(73)91)79-66(107)48(27-34(3)4)83-59(100)41(72)30-56(96)97)65(106)75-36(7)57(98)77-45(22-24-114-10)61(102)74-37(8)58(99)82-50(29-39-12-14-40(90)15-13-39)68(109)87-52(32-89)70(111)85-49(28-35(5)6)67(108)86-51(31-88)69(110)80-44(18-21-55(94)95)62(103)81-46(23-25-115-11)64(105)78-43(17-20-54(92)93)60(101)76-38(9)71(112)113/h12-15,33-38,41-52,88-90H,16-32,72H2,1-11H3,(H2,73,91)(H,74,102)(H,75,106)(H,76,101)(H,77,98)(H,78,105)(H,79,107)(H,80,110)(H,81,103)(H,82,99)(H,83,100)(H,84,104)(H,85,111)(H,86,108)(H,87,109)(H,92,93)(H,94,95)(H,96,97)(H,112,113)/t36-,37-,38-,41-,42-,43-,44-,45-,46-,47-,48-,49-,50-,51-,52-/m0/s1. The molecule has 1 aromatic carbocycles. The van der Waals surface area contributed by atoms with Crippen LogP contribution >= 0.6 is 23.5 Å². The molecule has 15 amide bonds. The molecule has 0 radical (unpaired) electrons. The van der Waals surface area contributed by atoms with Crippen molar-refractivity contribution in [3.63, 3.8) is 0 Å². The zero-order chi connectivity index (χ0) is 87.7. The molecule has 15 atom stereocenters. The first-order valence-electron chi connectivity index (χ1n) is 36.9. The van der Waals surface area contributed by atoms with Crippen molar-refractivity contribution in [2.75, 3.05) is 37.2 Å². The van der Waals surface area contributed by atoms with Gasteiger partial charge in [-0.2, -0.15) is 23.5 Å². The summed E-state index contributed by atoms with van der Waals surface area (Å²) in [6.45, 7) is 11.3. The molecule has 0 aromatic heterocycles. The van der Waals surface area contributed by atoms with Crippen LogP contribution in [0.4, 0.5) is 0 Å². The maximum atomic E-state index is 14.3. The molecule has 25 N–H and O–H groups in total. The van der Waals surface area contributed by atoms with E-state index in [1.54, 1.807) is 54.1 Å². The number of aliphatic carboxylic acids is 4. The summed E-state index contributed by atoms with van der Waals surface area (Å²) in [5, 5.41) is 102. The Morgan fingerprint density at radius 1 is 0.339 bits per heavy atom. The number of rotatable bonds is 56. The lowest BCUT2D eigenvalue weighted by Gasteiger charge is -2.28. The number of carbonyl (C=O) groups is 19. The van der Waals surface area contributed by atoms with E-state index in [1.165, 1.54) is 61.6 Å². The van der Waals surface area contributed by atoms with Crippen LogP contribution < -0.4 is 85.9 Å². The molecular weight excluding hydrogens is 1560 g/mol. The average Bonchev–Trinajstić information content (AvgIpc) is 0.843. The predicted octanol–water partition coefficient (Wildman–Crippen LogP) is -5.71. The van der Waals surface area contributed by atoms with Gasteiger partial charge in [0.15, 0.2) is 0 Å². The van der Waals surface area contributed by atoms with E-state index in [9.17, 15) is 122 Å². The van der Waals surface area contributed by atoms with E-state index in [2.05, 4.69) is 74.4 Å². The number of aliphatic hydroxyl groups is 2. The van der Waals surface area contributed by atoms with Crippen LogP contribution in [0.5, 0.6) is 5.75 Å². The van der Waals surface area contributed by atoms with Gasteiger partial charge in [0, 0.05) is 25.7 Å². The van der Waals surface area contributed by atoms with Gasteiger partial charge in [-0.1, -0.05) is 53.7 Å². The summed E-state index contributed by atoms with van der Waals surface area (Å²) in [6, 6.07) is -18.5. The number of thioether (sulfide) groups is 2. The molecule has 0 aliphatic heterocycles. The zero-order valence-corrected chi connectivity index (χ0v) is 67.7. The number of nitrogens with two attached hydrogens (primary N) is 2. The van der Waals surface area contributed by atoms with Crippen molar-refractivity contribution in [1.82, 2.24) is 74.4 Å². The lowest BCUT2D eigenvalue weighted by molar-refractivity contribution is -0.142. The maximum Gasteiger partial charge on any atom is 0.325 e. The third-order valence-electron chi connectivity index (χ3n) is 17.0. The largest absolute Gasteiger partial charge is 0.508 e. The van der Waals surface area contributed by atoms with Crippen LogP contribution in [0.25, 0.3) is 0 Å². The average molecular weight is 1670 g/mol. The molecule has 0 unspecified atom stereocenters. The summed E-state index contributed by atoms with van der Waals surface area (Å²) >= 11 is 2.48. The number of nitrogens with one attached hydrogen (secondary N) is 14. The number of hydrogen-bond acceptors (Lipinski definition) is 25. The van der Waals surface area contributed by atoms with Gasteiger partial charge in [-0.15, -0.1) is 0 Å². The van der Waals surface area contributed by atoms with E-state index < -0.39 is 261 Å². The highest BCUT2D eigenvalue weighted by Crippen LogP contribution is 2.16. The molecule has 0 bridgehead atoms. The monoisotopic (exact) mass is 1670 g/mol. The molecule has 1 rings (SSSR count). The molecule has 0 fully saturated rings. The fourth-order valence-corrected chi connectivity index (χ4v) is 11.6. The molecule has 44 heteroatoms. The summed E-state index contributed by atoms with van der Waals surface area (Å²) in [5.74, 6) is -22.1. The molecule has 0 heterocycles. The van der Waals surface area contributed by atoms with Crippen LogP contribution in [0.15, 0.2) is 24.3 Å². The quantitative estimate of drug-likeness (QED) is 0.0289. The first kappa shape index (κ1) is 103. The number of phenols is 1. The second-order valence-electron chi connectivity index (χ2n) is 28.5. The van der Waals surface area contributed by atoms with Gasteiger partial charge >= 0.3 is 23.9 Å². The van der Waals surface area contributed by atoms with Gasteiger partial charge in [-0.05, 0) is 132 Å². The van der Waals surface area contributed by atoms with Crippen molar-refractivity contribution < 1.29 is 127 Å². The van der Waals surface area contributed by atoms with Gasteiger partial charge in [-0.25, -0.2) is 0 Å². The summed E-state index contributed by atoms with van der Waals surface area (Å²) in [7, 11) is 0. The van der Waals surface area contributed by atoms with Crippen molar-refractivity contribution in [1.29, 1.82) is 0 Å². The Morgan fingerprint density at radius 2 is 0.609 bits per heavy atom. The lowest BCUT2D eigenvalue weighted by Crippen LogP contribution is -2.61. The molecule has 646 valence electrons. The fraction of sp³-hybridized carbons (Fsp3) is 0.648. The van der Waals surface area contributed by atoms with Crippen LogP contribution in [0, 0.1) is 17.8 Å². The highest BCUT2D eigenvalue weighted by molar-refractivity contribution is 7.98. The molecule has 1 aromatic rings. The fourth-order valence-electron chi connectivity index (χ4n) is 10.7. The predicted molar refractivity (Wildman–Crippen MR) is 414 cm³/mol. The van der Waals surface area contributed by atoms with Crippen molar-refractivity contribution >= 4 is 136 Å². The molecule has 0 aliphatic rings. The van der Waals surface area contributed by atoms with Crippen LogP contribution in [-0.4, -0.2) is 276 Å². The van der Waals surface area contributed by atoms with E-state index in [-0.39, 0.29) is 74.0 Å². The smallest absolute Gasteiger partial charge is 0.325 e. The first-order chi connectivity index (χ1) is 53.8. The topological polar surface area (TPSA) is 686 Å². The first-order valence-corrected chi connectivity index (χ1v) is 39.7. The van der Waals surface area contributed by atoms with Gasteiger partial charge in [0.2, 0.25) is 88.6 Å². The van der Waals surface area contributed by atoms with Gasteiger partial charge in [0.05, 0.1) is 25.7 Å². The molecule has 115 heavy (non-hydrogen) atoms. The van der Waals surface area contributed by atoms with Gasteiger partial charge in [0.1, 0.15) is 90.3 Å². The molecule has 0 saturated carbocycles. The highest BCUT2D eigenvalue weighted by Gasteiger charge is 2.38. The van der Waals surface area contributed by atoms with Crippen molar-refractivity contribution in [3.8, 4) is 5.75 Å². The van der Waals surface area contributed by atoms with Crippen LogP contribution in [0.3, 0.4) is 0 Å². The number of aliphatic hydroxyl groups excluding tert-OH is 2. The third kappa shape index (κ3) is 40.4. The van der Waals surface area contributed by atoms with E-state index >= 15 is 0 Å². The SMILES string of the molecule is CSCC[C@H](NC(=O)[C@H](C)NC(=O)[C@H](CC(C)C)NC(=O)[C@H](CCC(N)=O)NC(=O)[C@H](CC(C)C)NC(=O)[C@@H](N)CC(=O)O)C(=O)N[C@@H](C)C(=O)N[C@@H](Cc1ccc(O)cc1)C(=O)N[C@@H](CO)C(=O)N[C@@H](CC(C)C)C(=O)N[C@@H](CO)C(=O)N[C@@H](CCC(=O)O)C(=O)N[C@@H](CCSC)C(=O)N[C@@H](CCC(=O)O)C(=O)N[C@@H](C)C(=O)O. The lowest BCUT2D eigenvalue weighted by atomic mass is 10.00. The number of carboxylic acids is 4. The number of carbonyl (C=O) groups excluding carboxylic acids is 15. The van der Waals surface area contributed by atoms with Gasteiger partial charge in [-0.3, -0.25) is 91.1 Å². The summed E-state index contributed by atoms with van der Waals surface area (Å²) < 4.78 is 0. The van der Waals surface area contributed by atoms with E-state index in [1.807, 2.05) is 0 Å². The normalized spacial score (nSPS) is 15.1. The minimum Gasteiger partial charge on any atom is -0.508 e. The summed E-state index contributed by atoms with van der Waals surface area (Å²) in [5.41, 5.74) is 11.4. The number of amides is 15. The number of aromatic hydroxyl groups is 1. The van der Waals surface area contributed by atoms with Gasteiger partial charge in [0.25, 0.3) is 0 Å². The van der Waals surface area contributed by atoms with E-state index in [0.717, 1.165) is 6.92 Å². The van der Waals surface area contributed by atoms with Crippen LogP contribution in [0.2, 0.25) is 0 Å². The van der Waals surface area contributed by atoms with Crippen LogP contribution in [0.1, 0.15) is 145 Å². The molecule has 0 aliphatic carbocycles. The number of phenolic OH excluding ortho intramolecular Hbond substituents is 1. The van der Waals surface area contributed by atoms with Crippen molar-refractivity contribution in [2.24, 2.45) is 29.2 Å². The van der Waals surface area contributed by atoms with Crippen LogP contribution in [-0.2, 0) is 97.5 Å². The summed E-state index contributed by atoms with van der Waals surface area (Å²) in [6.07, 6.45) is -1.75. The number of benzene rings is 1. The Hall–Kier alpha value is -10.5. The Labute approximate surface area is 672 Å². The summed E-state index contributed by atoms with van der Waals surface area (Å²) in [4.78, 5) is 252. The number of carboxylic acid groups (broad SMARTS) is 4. The number of hydrogen-bond donors (Lipinski definition) is 23. The maximum absolute atomic E-state index is 14.3. The molecule has 0 saturated heterocycles. The Balaban J connectivity index is 3.50. The molecule has 0 spiro atoms. The van der Waals surface area contributed by atoms with Gasteiger partial charge < -0.3 is 122 Å². The molecular formula is C71H114N16O26S2. The minimum atomic E-state index is -1.96. The third-order valence-corrected chi connectivity index (χ3v) is 18.3. The Morgan fingerprint density at radius 3 is 0.930 bits per heavy atom. The van der Waals surface area contributed by atoms with E-state index in [4.69, 9.17) is 16.6 Å². The second-order valence-corrected chi connectivity index (χ2v) is 30.4. The minimum absolute atomic E-state index is 0.00554. The van der Waals surface area contributed by atoms with E-state index in [0.29, 0.717) is 5.56 Å². The van der Waals surface area contributed by atoms with Crippen molar-refractivity contribution in [3.05, 3.63) is 29.8 Å². The Kier molecular flexibility index (Phi) is 47.1. The van der Waals surface area contributed by atoms with Crippen molar-refractivity contribution in [2.45, 2.75) is 236 Å².